The Hall–Kier alpha value is -1.76. The molecule has 0 aromatic carbocycles. The minimum absolute atomic E-state index is 0.394. The summed E-state index contributed by atoms with van der Waals surface area (Å²) in [4.78, 5) is 6.54. The molecule has 168 valence electrons. The lowest BCUT2D eigenvalue weighted by molar-refractivity contribution is 0.0942. The lowest BCUT2D eigenvalue weighted by Crippen LogP contribution is -2.33. The van der Waals surface area contributed by atoms with Gasteiger partial charge in [-0.15, -0.1) is 0 Å². The molecule has 0 aliphatic heterocycles. The molecule has 2 rings (SSSR count). The Kier molecular flexibility index (Phi) is 8.59. The standard InChI is InChI=1S/C20H37N5O3Si2/c1-17(23-26)18-14-20(25-19(22-18)8-9-21-25)24(15-27-10-12-29(2,3)4)16-28-11-13-30(5,6)7/h8-9,14,26H,10-13,15-16H2,1-7H3. The maximum Gasteiger partial charge on any atom is 0.158 e. The Balaban J connectivity index is 2.22. The summed E-state index contributed by atoms with van der Waals surface area (Å²) >= 11 is 0. The third-order valence-corrected chi connectivity index (χ3v) is 8.08. The SMILES string of the molecule is CC(=NO)c1cc(N(COCC[Si](C)(C)C)COCC[Si](C)(C)C)n2nccc2n1. The Morgan fingerprint density at radius 2 is 1.63 bits per heavy atom. The van der Waals surface area contributed by atoms with Crippen molar-refractivity contribution in [3.05, 3.63) is 24.0 Å². The number of fused-ring (bicyclic) bond motifs is 1. The molecule has 0 aliphatic carbocycles. The fraction of sp³-hybridized carbons (Fsp3) is 0.650. The lowest BCUT2D eigenvalue weighted by Gasteiger charge is -2.26. The molecule has 2 aromatic rings. The van der Waals surface area contributed by atoms with E-state index in [1.165, 1.54) is 0 Å². The van der Waals surface area contributed by atoms with E-state index in [1.54, 1.807) is 17.6 Å². The van der Waals surface area contributed by atoms with Crippen LogP contribution in [0.25, 0.3) is 5.65 Å². The highest BCUT2D eigenvalue weighted by Gasteiger charge is 2.18. The van der Waals surface area contributed by atoms with Crippen LogP contribution in [0.1, 0.15) is 12.6 Å². The first-order valence-electron chi connectivity index (χ1n) is 10.4. The van der Waals surface area contributed by atoms with E-state index in [9.17, 15) is 5.21 Å². The molecular formula is C20H37N5O3Si2. The number of rotatable bonds is 12. The van der Waals surface area contributed by atoms with Gasteiger partial charge < -0.3 is 19.6 Å². The molecule has 30 heavy (non-hydrogen) atoms. The number of anilines is 1. The molecule has 0 atom stereocenters. The maximum absolute atomic E-state index is 9.21. The molecule has 0 aliphatic rings. The van der Waals surface area contributed by atoms with Crippen molar-refractivity contribution in [2.75, 3.05) is 31.6 Å². The van der Waals surface area contributed by atoms with Crippen molar-refractivity contribution in [3.8, 4) is 0 Å². The summed E-state index contributed by atoms with van der Waals surface area (Å²) in [5.74, 6) is 0.795. The molecule has 0 saturated carbocycles. The predicted molar refractivity (Wildman–Crippen MR) is 127 cm³/mol. The molecule has 0 amide bonds. The Labute approximate surface area is 181 Å². The Morgan fingerprint density at radius 1 is 1.07 bits per heavy atom. The van der Waals surface area contributed by atoms with Crippen molar-refractivity contribution < 1.29 is 14.7 Å². The number of nitrogens with zero attached hydrogens (tertiary/aromatic N) is 5. The number of hydrogen-bond donors (Lipinski definition) is 1. The Morgan fingerprint density at radius 3 is 2.13 bits per heavy atom. The molecule has 2 aromatic heterocycles. The van der Waals surface area contributed by atoms with Gasteiger partial charge in [0, 0.05) is 41.5 Å². The number of ether oxygens (including phenoxy) is 2. The van der Waals surface area contributed by atoms with Gasteiger partial charge in [-0.3, -0.25) is 0 Å². The van der Waals surface area contributed by atoms with Crippen LogP contribution in [0.15, 0.2) is 23.5 Å². The van der Waals surface area contributed by atoms with Gasteiger partial charge in [-0.25, -0.2) is 4.98 Å². The van der Waals surface area contributed by atoms with Crippen LogP contribution in [0.3, 0.4) is 0 Å². The quantitative estimate of drug-likeness (QED) is 0.129. The van der Waals surface area contributed by atoms with Crippen LogP contribution >= 0.6 is 0 Å². The van der Waals surface area contributed by atoms with E-state index >= 15 is 0 Å². The van der Waals surface area contributed by atoms with E-state index < -0.39 is 16.1 Å². The molecule has 10 heteroatoms. The molecule has 0 saturated heterocycles. The number of hydrogen-bond acceptors (Lipinski definition) is 7. The third kappa shape index (κ3) is 7.82. The van der Waals surface area contributed by atoms with Crippen LogP contribution < -0.4 is 4.90 Å². The normalized spacial score (nSPS) is 13.2. The second-order valence-electron chi connectivity index (χ2n) is 10.0. The van der Waals surface area contributed by atoms with E-state index in [1.807, 2.05) is 17.0 Å². The number of aromatic nitrogens is 3. The second kappa shape index (κ2) is 10.5. The van der Waals surface area contributed by atoms with E-state index in [0.717, 1.165) is 31.1 Å². The van der Waals surface area contributed by atoms with Crippen LogP contribution in [-0.2, 0) is 9.47 Å². The van der Waals surface area contributed by atoms with Crippen LogP contribution in [0.5, 0.6) is 0 Å². The van der Waals surface area contributed by atoms with Gasteiger partial charge >= 0.3 is 0 Å². The first-order valence-corrected chi connectivity index (χ1v) is 17.9. The Bertz CT molecular complexity index is 821. The van der Waals surface area contributed by atoms with Crippen molar-refractivity contribution in [1.82, 2.24) is 14.6 Å². The van der Waals surface area contributed by atoms with Gasteiger partial charge in [-0.2, -0.15) is 9.61 Å². The van der Waals surface area contributed by atoms with E-state index in [4.69, 9.17) is 9.47 Å². The molecule has 0 spiro atoms. The summed E-state index contributed by atoms with van der Waals surface area (Å²) in [6, 6.07) is 5.89. The molecule has 0 bridgehead atoms. The van der Waals surface area contributed by atoms with Crippen LogP contribution in [0.4, 0.5) is 5.82 Å². The summed E-state index contributed by atoms with van der Waals surface area (Å²) < 4.78 is 13.8. The molecule has 2 heterocycles. The van der Waals surface area contributed by atoms with Crippen LogP contribution in [0.2, 0.25) is 51.4 Å². The van der Waals surface area contributed by atoms with Crippen molar-refractivity contribution in [2.45, 2.75) is 58.3 Å². The first kappa shape index (κ1) is 24.5. The first-order chi connectivity index (χ1) is 14.0. The molecule has 8 nitrogen and oxygen atoms in total. The van der Waals surface area contributed by atoms with E-state index in [-0.39, 0.29) is 0 Å². The second-order valence-corrected chi connectivity index (χ2v) is 21.3. The molecule has 1 N–H and O–H groups in total. The summed E-state index contributed by atoms with van der Waals surface area (Å²) in [6.07, 6.45) is 1.71. The zero-order valence-electron chi connectivity index (χ0n) is 19.5. The minimum Gasteiger partial charge on any atom is -0.411 e. The van der Waals surface area contributed by atoms with Crippen LogP contribution in [-0.4, -0.2) is 68.3 Å². The minimum atomic E-state index is -1.16. The van der Waals surface area contributed by atoms with E-state index in [0.29, 0.717) is 30.5 Å². The zero-order chi connectivity index (χ0) is 22.4. The molecule has 0 radical (unpaired) electrons. The zero-order valence-corrected chi connectivity index (χ0v) is 21.5. The van der Waals surface area contributed by atoms with Gasteiger partial charge in [0.1, 0.15) is 25.0 Å². The predicted octanol–water partition coefficient (Wildman–Crippen LogP) is 4.36. The van der Waals surface area contributed by atoms with Crippen LogP contribution in [0, 0.1) is 0 Å². The van der Waals surface area contributed by atoms with Gasteiger partial charge in [-0.05, 0) is 19.0 Å². The fourth-order valence-corrected chi connectivity index (χ4v) is 4.15. The third-order valence-electron chi connectivity index (χ3n) is 4.67. The summed E-state index contributed by atoms with van der Waals surface area (Å²) in [5.41, 5.74) is 1.72. The summed E-state index contributed by atoms with van der Waals surface area (Å²) in [7, 11) is -2.33. The monoisotopic (exact) mass is 451 g/mol. The van der Waals surface area contributed by atoms with Crippen molar-refractivity contribution >= 4 is 33.3 Å². The van der Waals surface area contributed by atoms with Gasteiger partial charge in [0.25, 0.3) is 0 Å². The highest BCUT2D eigenvalue weighted by Crippen LogP contribution is 2.19. The molecule has 0 unspecified atom stereocenters. The van der Waals surface area contributed by atoms with Crippen molar-refractivity contribution in [2.24, 2.45) is 5.16 Å². The molecule has 0 fully saturated rings. The highest BCUT2D eigenvalue weighted by molar-refractivity contribution is 6.76. The average Bonchev–Trinajstić information content (AvgIpc) is 3.12. The highest BCUT2D eigenvalue weighted by atomic mass is 28.3. The van der Waals surface area contributed by atoms with Crippen molar-refractivity contribution in [3.63, 3.8) is 0 Å². The average molecular weight is 452 g/mol. The lowest BCUT2D eigenvalue weighted by atomic mass is 10.3. The topological polar surface area (TPSA) is 84.5 Å². The smallest absolute Gasteiger partial charge is 0.158 e. The summed E-state index contributed by atoms with van der Waals surface area (Å²) in [6.45, 7) is 18.0. The largest absolute Gasteiger partial charge is 0.411 e. The van der Waals surface area contributed by atoms with Gasteiger partial charge in [0.2, 0.25) is 0 Å². The van der Waals surface area contributed by atoms with Gasteiger partial charge in [-0.1, -0.05) is 44.4 Å². The fourth-order valence-electron chi connectivity index (χ4n) is 2.63. The summed E-state index contributed by atoms with van der Waals surface area (Å²) in [5, 5.41) is 16.9. The number of oxime groups is 1. The maximum atomic E-state index is 9.21. The van der Waals surface area contributed by atoms with Crippen molar-refractivity contribution in [1.29, 1.82) is 0 Å². The van der Waals surface area contributed by atoms with Gasteiger partial charge in [0.15, 0.2) is 5.65 Å². The molecular weight excluding hydrogens is 414 g/mol. The van der Waals surface area contributed by atoms with E-state index in [2.05, 4.69) is 54.5 Å². The van der Waals surface area contributed by atoms with Gasteiger partial charge in [0.05, 0.1) is 11.9 Å².